The first-order chi connectivity index (χ1) is 12.6. The standard InChI is InChI=1S/C21H18N2O2S/c1-14-8-15(2)10-17(9-14)25-12-20(24)18(11-22)21-23-19(13-26-21)16-6-4-3-5-7-16/h3-10,13,18H,12H2,1-2H3. The van der Waals surface area contributed by atoms with E-state index in [0.29, 0.717) is 10.8 Å². The van der Waals surface area contributed by atoms with Crippen LogP contribution in [0.15, 0.2) is 53.9 Å². The van der Waals surface area contributed by atoms with E-state index in [2.05, 4.69) is 11.1 Å². The van der Waals surface area contributed by atoms with E-state index < -0.39 is 5.92 Å². The smallest absolute Gasteiger partial charge is 0.194 e. The molecule has 3 rings (SSSR count). The molecule has 1 aromatic heterocycles. The van der Waals surface area contributed by atoms with Gasteiger partial charge in [0.1, 0.15) is 17.4 Å². The molecule has 0 aliphatic carbocycles. The highest BCUT2D eigenvalue weighted by atomic mass is 32.1. The number of thiazole rings is 1. The molecule has 1 atom stereocenters. The van der Waals surface area contributed by atoms with Crippen molar-refractivity contribution in [2.24, 2.45) is 0 Å². The third-order valence-corrected chi connectivity index (χ3v) is 4.78. The van der Waals surface area contributed by atoms with Gasteiger partial charge in [-0.05, 0) is 37.1 Å². The van der Waals surface area contributed by atoms with Gasteiger partial charge in [-0.3, -0.25) is 4.79 Å². The van der Waals surface area contributed by atoms with Crippen LogP contribution in [-0.2, 0) is 4.79 Å². The second-order valence-electron chi connectivity index (χ2n) is 6.08. The summed E-state index contributed by atoms with van der Waals surface area (Å²) in [4.78, 5) is 17.0. The van der Waals surface area contributed by atoms with Crippen LogP contribution in [0.5, 0.6) is 5.75 Å². The predicted molar refractivity (Wildman–Crippen MR) is 102 cm³/mol. The van der Waals surface area contributed by atoms with Gasteiger partial charge in [0.05, 0.1) is 11.8 Å². The number of Topliss-reactive ketones (excluding diaryl/α,β-unsaturated/α-hetero) is 1. The van der Waals surface area contributed by atoms with Crippen LogP contribution < -0.4 is 4.74 Å². The van der Waals surface area contributed by atoms with Gasteiger partial charge in [0, 0.05) is 10.9 Å². The summed E-state index contributed by atoms with van der Waals surface area (Å²) in [5.74, 6) is -0.569. The summed E-state index contributed by atoms with van der Waals surface area (Å²) in [6, 6.07) is 17.5. The van der Waals surface area contributed by atoms with Crippen LogP contribution in [0.25, 0.3) is 11.3 Å². The third-order valence-electron chi connectivity index (χ3n) is 3.87. The Morgan fingerprint density at radius 1 is 1.19 bits per heavy atom. The average Bonchev–Trinajstić information content (AvgIpc) is 3.10. The van der Waals surface area contributed by atoms with Crippen molar-refractivity contribution < 1.29 is 9.53 Å². The molecular weight excluding hydrogens is 344 g/mol. The maximum absolute atomic E-state index is 12.5. The van der Waals surface area contributed by atoms with Crippen LogP contribution >= 0.6 is 11.3 Å². The van der Waals surface area contributed by atoms with Crippen LogP contribution in [0.3, 0.4) is 0 Å². The number of carbonyl (C=O) groups excluding carboxylic acids is 1. The van der Waals surface area contributed by atoms with Gasteiger partial charge in [-0.15, -0.1) is 11.3 Å². The molecule has 0 radical (unpaired) electrons. The molecule has 0 aliphatic heterocycles. The molecule has 0 fully saturated rings. The lowest BCUT2D eigenvalue weighted by Crippen LogP contribution is -2.19. The highest BCUT2D eigenvalue weighted by Crippen LogP contribution is 2.27. The summed E-state index contributed by atoms with van der Waals surface area (Å²) in [5, 5.41) is 11.8. The quantitative estimate of drug-likeness (QED) is 0.638. The van der Waals surface area contributed by atoms with E-state index in [4.69, 9.17) is 4.74 Å². The number of nitrogens with zero attached hydrogens (tertiary/aromatic N) is 2. The van der Waals surface area contributed by atoms with Crippen molar-refractivity contribution in [2.45, 2.75) is 19.8 Å². The van der Waals surface area contributed by atoms with E-state index in [0.717, 1.165) is 22.4 Å². The maximum Gasteiger partial charge on any atom is 0.194 e. The van der Waals surface area contributed by atoms with Crippen molar-refractivity contribution in [3.63, 3.8) is 0 Å². The number of aryl methyl sites for hydroxylation is 2. The zero-order chi connectivity index (χ0) is 18.5. The van der Waals surface area contributed by atoms with Crippen molar-refractivity contribution >= 4 is 17.1 Å². The summed E-state index contributed by atoms with van der Waals surface area (Å²) in [6.45, 7) is 3.79. The monoisotopic (exact) mass is 362 g/mol. The molecule has 4 nitrogen and oxygen atoms in total. The maximum atomic E-state index is 12.5. The predicted octanol–water partition coefficient (Wildman–Crippen LogP) is 4.68. The number of hydrogen-bond acceptors (Lipinski definition) is 5. The zero-order valence-electron chi connectivity index (χ0n) is 14.6. The lowest BCUT2D eigenvalue weighted by molar-refractivity contribution is -0.121. The molecular formula is C21H18N2O2S. The fourth-order valence-corrected chi connectivity index (χ4v) is 3.57. The third kappa shape index (κ3) is 4.16. The SMILES string of the molecule is Cc1cc(C)cc(OCC(=O)C(C#N)c2nc(-c3ccccc3)cs2)c1. The van der Waals surface area contributed by atoms with Crippen LogP contribution in [0.1, 0.15) is 22.1 Å². The van der Waals surface area contributed by atoms with Gasteiger partial charge >= 0.3 is 0 Å². The fraction of sp³-hybridized carbons (Fsp3) is 0.190. The van der Waals surface area contributed by atoms with Gasteiger partial charge in [0.15, 0.2) is 11.7 Å². The van der Waals surface area contributed by atoms with Gasteiger partial charge in [0.25, 0.3) is 0 Å². The van der Waals surface area contributed by atoms with E-state index in [9.17, 15) is 10.1 Å². The molecule has 0 bridgehead atoms. The summed E-state index contributed by atoms with van der Waals surface area (Å²) < 4.78 is 5.60. The molecule has 26 heavy (non-hydrogen) atoms. The van der Waals surface area contributed by atoms with Gasteiger partial charge in [-0.25, -0.2) is 4.98 Å². The van der Waals surface area contributed by atoms with Gasteiger partial charge in [0.2, 0.25) is 0 Å². The van der Waals surface area contributed by atoms with Gasteiger partial charge < -0.3 is 4.74 Å². The van der Waals surface area contributed by atoms with Crippen molar-refractivity contribution in [1.29, 1.82) is 5.26 Å². The first-order valence-corrected chi connectivity index (χ1v) is 9.09. The second-order valence-corrected chi connectivity index (χ2v) is 6.97. The Bertz CT molecular complexity index is 937. The number of aromatic nitrogens is 1. The molecule has 0 N–H and O–H groups in total. The van der Waals surface area contributed by atoms with E-state index in [1.165, 1.54) is 11.3 Å². The summed E-state index contributed by atoms with van der Waals surface area (Å²) in [7, 11) is 0. The molecule has 130 valence electrons. The molecule has 0 saturated heterocycles. The minimum Gasteiger partial charge on any atom is -0.486 e. The van der Waals surface area contributed by atoms with Crippen LogP contribution in [0, 0.1) is 25.2 Å². The molecule has 0 amide bonds. The normalized spacial score (nSPS) is 11.6. The summed E-state index contributed by atoms with van der Waals surface area (Å²) in [5.41, 5.74) is 3.87. The topological polar surface area (TPSA) is 63.0 Å². The molecule has 0 aliphatic rings. The molecule has 0 spiro atoms. The van der Waals surface area contributed by atoms with E-state index in [1.807, 2.05) is 67.8 Å². The van der Waals surface area contributed by atoms with E-state index >= 15 is 0 Å². The number of carbonyl (C=O) groups is 1. The molecule has 5 heteroatoms. The van der Waals surface area contributed by atoms with Crippen molar-refractivity contribution in [3.8, 4) is 23.1 Å². The van der Waals surface area contributed by atoms with Gasteiger partial charge in [-0.1, -0.05) is 36.4 Å². The number of benzene rings is 2. The summed E-state index contributed by atoms with van der Waals surface area (Å²) >= 11 is 1.32. The molecule has 1 unspecified atom stereocenters. The number of hydrogen-bond donors (Lipinski definition) is 0. The fourth-order valence-electron chi connectivity index (χ4n) is 2.68. The Morgan fingerprint density at radius 2 is 1.88 bits per heavy atom. The molecule has 2 aromatic carbocycles. The lowest BCUT2D eigenvalue weighted by atomic mass is 10.1. The number of ketones is 1. The Kier molecular flexibility index (Phi) is 5.45. The number of ether oxygens (including phenoxy) is 1. The minimum atomic E-state index is -0.914. The first kappa shape index (κ1) is 17.8. The second kappa shape index (κ2) is 7.94. The van der Waals surface area contributed by atoms with Crippen LogP contribution in [0.4, 0.5) is 0 Å². The Hall–Kier alpha value is -2.97. The van der Waals surface area contributed by atoms with E-state index in [1.54, 1.807) is 0 Å². The Labute approximate surface area is 156 Å². The number of rotatable bonds is 6. The molecule has 1 heterocycles. The highest BCUT2D eigenvalue weighted by molar-refractivity contribution is 7.10. The van der Waals surface area contributed by atoms with Crippen molar-refractivity contribution in [3.05, 3.63) is 70.0 Å². The minimum absolute atomic E-state index is 0.151. The Balaban J connectivity index is 1.71. The number of nitriles is 1. The molecule has 3 aromatic rings. The zero-order valence-corrected chi connectivity index (χ0v) is 15.4. The van der Waals surface area contributed by atoms with E-state index in [-0.39, 0.29) is 12.4 Å². The van der Waals surface area contributed by atoms with Crippen molar-refractivity contribution in [1.82, 2.24) is 4.98 Å². The lowest BCUT2D eigenvalue weighted by Gasteiger charge is -2.09. The van der Waals surface area contributed by atoms with Crippen LogP contribution in [-0.4, -0.2) is 17.4 Å². The average molecular weight is 362 g/mol. The van der Waals surface area contributed by atoms with Gasteiger partial charge in [-0.2, -0.15) is 5.26 Å². The molecule has 0 saturated carbocycles. The summed E-state index contributed by atoms with van der Waals surface area (Å²) in [6.07, 6.45) is 0. The Morgan fingerprint density at radius 3 is 2.54 bits per heavy atom. The highest BCUT2D eigenvalue weighted by Gasteiger charge is 2.24. The first-order valence-electron chi connectivity index (χ1n) is 8.21. The van der Waals surface area contributed by atoms with Crippen LogP contribution in [0.2, 0.25) is 0 Å². The van der Waals surface area contributed by atoms with Crippen molar-refractivity contribution in [2.75, 3.05) is 6.61 Å². The largest absolute Gasteiger partial charge is 0.486 e.